The first kappa shape index (κ1) is 36.7. The van der Waals surface area contributed by atoms with Crippen molar-refractivity contribution in [1.82, 2.24) is 0 Å². The zero-order valence-corrected chi connectivity index (χ0v) is 26.5. The van der Waals surface area contributed by atoms with Gasteiger partial charge >= 0.3 is 23.9 Å². The van der Waals surface area contributed by atoms with E-state index in [1.807, 2.05) is 19.1 Å². The molecule has 4 rings (SSSR count). The van der Waals surface area contributed by atoms with Gasteiger partial charge in [0.25, 0.3) is 0 Å². The Morgan fingerprint density at radius 3 is 1.67 bits per heavy atom. The van der Waals surface area contributed by atoms with Crippen molar-refractivity contribution in [3.05, 3.63) is 144 Å². The van der Waals surface area contributed by atoms with E-state index < -0.39 is 29.7 Å². The monoisotopic (exact) mass is 667 g/mol. The van der Waals surface area contributed by atoms with Crippen LogP contribution in [-0.2, 0) is 19.1 Å². The summed E-state index contributed by atoms with van der Waals surface area (Å²) in [5.41, 5.74) is 1.80. The van der Waals surface area contributed by atoms with Crippen LogP contribution < -0.4 is 18.9 Å². The molecule has 4 aromatic rings. The minimum Gasteiger partial charge on any atom is -0.457 e. The Kier molecular flexibility index (Phi) is 13.8. The van der Waals surface area contributed by atoms with E-state index in [0.29, 0.717) is 22.8 Å². The van der Waals surface area contributed by atoms with Crippen LogP contribution in [0.15, 0.2) is 116 Å². The van der Waals surface area contributed by atoms with Gasteiger partial charge in [0.05, 0.1) is 16.7 Å². The standard InChI is InChI=1S/C19H14FNO5.C18H16O5/c1-12(2)18(22)25-11-24-15-6-3-13(4-7-15)19(23)26-16-8-5-14(10-21)17(20)9-16;1-3-17(19)22-12-21-15-10-6-14(7-11-15)18(20)23-16-8-4-13(2)5-9-16/h3-9H,1,11H2,2H3;3-11H,1,12H2,2H3. The van der Waals surface area contributed by atoms with Crippen LogP contribution >= 0.6 is 0 Å². The molecular weight excluding hydrogens is 637 g/mol. The van der Waals surface area contributed by atoms with Crippen molar-refractivity contribution in [2.75, 3.05) is 13.6 Å². The van der Waals surface area contributed by atoms with E-state index in [1.165, 1.54) is 43.3 Å². The number of carbonyl (C=O) groups excluding carboxylic acids is 4. The van der Waals surface area contributed by atoms with Crippen LogP contribution in [0, 0.1) is 24.1 Å². The third kappa shape index (κ3) is 12.2. The van der Waals surface area contributed by atoms with Crippen LogP contribution in [0.3, 0.4) is 0 Å². The third-order valence-corrected chi connectivity index (χ3v) is 6.04. The molecule has 49 heavy (non-hydrogen) atoms. The number of hydrogen-bond acceptors (Lipinski definition) is 11. The lowest BCUT2D eigenvalue weighted by molar-refractivity contribution is -0.145. The summed E-state index contributed by atoms with van der Waals surface area (Å²) in [6.07, 6.45) is 1.05. The molecule has 12 heteroatoms. The molecule has 0 unspecified atom stereocenters. The molecule has 0 aliphatic rings. The number of halogens is 1. The zero-order valence-electron chi connectivity index (χ0n) is 26.5. The first-order valence-corrected chi connectivity index (χ1v) is 14.3. The molecule has 4 aromatic carbocycles. The van der Waals surface area contributed by atoms with E-state index in [-0.39, 0.29) is 36.0 Å². The van der Waals surface area contributed by atoms with Gasteiger partial charge in [0.2, 0.25) is 13.6 Å². The van der Waals surface area contributed by atoms with E-state index in [4.69, 9.17) is 33.7 Å². The second-order valence-electron chi connectivity index (χ2n) is 9.80. The van der Waals surface area contributed by atoms with Crippen LogP contribution in [0.1, 0.15) is 38.8 Å². The molecule has 0 spiro atoms. The highest BCUT2D eigenvalue weighted by atomic mass is 19.1. The third-order valence-electron chi connectivity index (χ3n) is 6.04. The van der Waals surface area contributed by atoms with E-state index in [0.717, 1.165) is 17.7 Å². The van der Waals surface area contributed by atoms with Gasteiger partial charge in [-0.2, -0.15) is 5.26 Å². The van der Waals surface area contributed by atoms with Gasteiger partial charge < -0.3 is 28.4 Å². The van der Waals surface area contributed by atoms with Gasteiger partial charge in [-0.1, -0.05) is 30.9 Å². The summed E-state index contributed by atoms with van der Waals surface area (Å²) in [5, 5.41) is 8.67. The molecule has 0 amide bonds. The fourth-order valence-electron chi connectivity index (χ4n) is 3.45. The summed E-state index contributed by atoms with van der Waals surface area (Å²) in [6.45, 7) is 9.67. The number of aryl methyl sites for hydroxylation is 1. The highest BCUT2D eigenvalue weighted by Gasteiger charge is 2.12. The lowest BCUT2D eigenvalue weighted by atomic mass is 10.2. The largest absolute Gasteiger partial charge is 0.457 e. The smallest absolute Gasteiger partial charge is 0.343 e. The number of nitrogens with zero attached hydrogens (tertiary/aromatic N) is 1. The molecule has 0 aromatic heterocycles. The summed E-state index contributed by atoms with van der Waals surface area (Å²) >= 11 is 0. The van der Waals surface area contributed by atoms with Crippen molar-refractivity contribution in [2.45, 2.75) is 13.8 Å². The van der Waals surface area contributed by atoms with Crippen molar-refractivity contribution in [1.29, 1.82) is 5.26 Å². The average molecular weight is 668 g/mol. The molecule has 0 radical (unpaired) electrons. The Balaban J connectivity index is 0.000000267. The fraction of sp³-hybridized carbons (Fsp3) is 0.108. The number of hydrogen-bond donors (Lipinski definition) is 0. The minimum absolute atomic E-state index is 0.0152. The van der Waals surface area contributed by atoms with Crippen LogP contribution in [-0.4, -0.2) is 37.5 Å². The van der Waals surface area contributed by atoms with Crippen molar-refractivity contribution in [2.24, 2.45) is 0 Å². The fourth-order valence-corrected chi connectivity index (χ4v) is 3.45. The zero-order chi connectivity index (χ0) is 35.8. The molecule has 0 bridgehead atoms. The SMILES string of the molecule is C=C(C)C(=O)OCOc1ccc(C(=O)Oc2ccc(C#N)c(F)c2)cc1.C=CC(=O)OCOc1ccc(C(=O)Oc2ccc(C)cc2)cc1. The number of ether oxygens (including phenoxy) is 6. The first-order valence-electron chi connectivity index (χ1n) is 14.3. The van der Waals surface area contributed by atoms with Gasteiger partial charge in [-0.15, -0.1) is 0 Å². The van der Waals surface area contributed by atoms with Crippen molar-refractivity contribution >= 4 is 23.9 Å². The normalized spacial score (nSPS) is 9.76. The lowest BCUT2D eigenvalue weighted by Crippen LogP contribution is -2.11. The van der Waals surface area contributed by atoms with Crippen molar-refractivity contribution in [3.8, 4) is 29.1 Å². The molecule has 0 heterocycles. The van der Waals surface area contributed by atoms with Crippen LogP contribution in [0.4, 0.5) is 4.39 Å². The summed E-state index contributed by atoms with van der Waals surface area (Å²) in [5.74, 6) is -1.76. The summed E-state index contributed by atoms with van der Waals surface area (Å²) in [7, 11) is 0. The van der Waals surface area contributed by atoms with Gasteiger partial charge in [-0.05, 0) is 86.6 Å². The minimum atomic E-state index is -0.772. The summed E-state index contributed by atoms with van der Waals surface area (Å²) in [4.78, 5) is 46.1. The number of carbonyl (C=O) groups is 4. The van der Waals surface area contributed by atoms with Gasteiger partial charge in [0, 0.05) is 17.7 Å². The van der Waals surface area contributed by atoms with E-state index in [1.54, 1.807) is 42.5 Å². The van der Waals surface area contributed by atoms with E-state index in [9.17, 15) is 23.6 Å². The maximum absolute atomic E-state index is 13.5. The quantitative estimate of drug-likeness (QED) is 0.0692. The Labute approximate surface area is 281 Å². The predicted molar refractivity (Wildman–Crippen MR) is 173 cm³/mol. The van der Waals surface area contributed by atoms with E-state index in [2.05, 4.69) is 13.2 Å². The highest BCUT2D eigenvalue weighted by Crippen LogP contribution is 2.19. The molecule has 0 N–H and O–H groups in total. The number of esters is 4. The maximum atomic E-state index is 13.5. The molecule has 0 atom stereocenters. The highest BCUT2D eigenvalue weighted by molar-refractivity contribution is 5.91. The number of benzene rings is 4. The number of nitriles is 1. The van der Waals surface area contributed by atoms with Gasteiger partial charge in [-0.25, -0.2) is 23.6 Å². The molecule has 0 saturated carbocycles. The van der Waals surface area contributed by atoms with Crippen LogP contribution in [0.25, 0.3) is 0 Å². The van der Waals surface area contributed by atoms with Crippen molar-refractivity contribution in [3.63, 3.8) is 0 Å². The van der Waals surface area contributed by atoms with Gasteiger partial charge in [-0.3, -0.25) is 0 Å². The maximum Gasteiger partial charge on any atom is 0.343 e. The molecule has 0 saturated heterocycles. The van der Waals surface area contributed by atoms with Gasteiger partial charge in [0.1, 0.15) is 34.9 Å². The van der Waals surface area contributed by atoms with Crippen LogP contribution in [0.2, 0.25) is 0 Å². The number of rotatable bonds is 12. The Morgan fingerprint density at radius 2 is 1.20 bits per heavy atom. The second-order valence-corrected chi connectivity index (χ2v) is 9.80. The predicted octanol–water partition coefficient (Wildman–Crippen LogP) is 6.65. The molecule has 0 aliphatic carbocycles. The Morgan fingerprint density at radius 1 is 0.735 bits per heavy atom. The topological polar surface area (TPSA) is 147 Å². The second kappa shape index (κ2) is 18.4. The molecule has 250 valence electrons. The van der Waals surface area contributed by atoms with Crippen LogP contribution in [0.5, 0.6) is 23.0 Å². The molecule has 11 nitrogen and oxygen atoms in total. The average Bonchev–Trinajstić information content (AvgIpc) is 3.10. The Bertz CT molecular complexity index is 1840. The summed E-state index contributed by atoms with van der Waals surface area (Å²) < 4.78 is 43.7. The Hall–Kier alpha value is -6.74. The molecule has 0 aliphatic heterocycles. The molecule has 0 fully saturated rings. The van der Waals surface area contributed by atoms with Gasteiger partial charge in [0.15, 0.2) is 0 Å². The summed E-state index contributed by atoms with van der Waals surface area (Å²) in [6, 6.07) is 24.6. The first-order chi connectivity index (χ1) is 23.5. The van der Waals surface area contributed by atoms with Crippen molar-refractivity contribution < 1.29 is 52.0 Å². The lowest BCUT2D eigenvalue weighted by Gasteiger charge is -2.08. The molecular formula is C37H30FNO10. The van der Waals surface area contributed by atoms with E-state index >= 15 is 0 Å².